The van der Waals surface area contributed by atoms with E-state index in [1.807, 2.05) is 0 Å². The summed E-state index contributed by atoms with van der Waals surface area (Å²) in [6, 6.07) is 4.47. The number of halogens is 2. The third kappa shape index (κ3) is 3.53. The van der Waals surface area contributed by atoms with Crippen LogP contribution in [0.15, 0.2) is 18.2 Å². The fourth-order valence-corrected chi connectivity index (χ4v) is 2.39. The minimum atomic E-state index is -0.462. The van der Waals surface area contributed by atoms with Gasteiger partial charge in [0.1, 0.15) is 5.82 Å². The second-order valence-electron chi connectivity index (χ2n) is 4.75. The van der Waals surface area contributed by atoms with E-state index in [9.17, 15) is 9.18 Å². The molecule has 0 aliphatic carbocycles. The van der Waals surface area contributed by atoms with E-state index in [0.717, 1.165) is 25.8 Å². The minimum absolute atomic E-state index is 0.0776. The Hall–Kier alpha value is -0.930. The molecule has 0 saturated carbocycles. The summed E-state index contributed by atoms with van der Waals surface area (Å²) < 4.78 is 13.3. The molecule has 1 unspecified atom stereocenters. The lowest BCUT2D eigenvalue weighted by atomic mass is 10.0. The molecule has 0 radical (unpaired) electrons. The Kier molecular flexibility index (Phi) is 4.72. The van der Waals surface area contributed by atoms with Crippen LogP contribution in [-0.4, -0.2) is 18.4 Å². The van der Waals surface area contributed by atoms with Gasteiger partial charge in [-0.25, -0.2) is 4.39 Å². The second-order valence-corrected chi connectivity index (χ2v) is 5.15. The Morgan fingerprint density at radius 2 is 2.22 bits per heavy atom. The van der Waals surface area contributed by atoms with Crippen molar-refractivity contribution in [1.82, 2.24) is 5.32 Å². The van der Waals surface area contributed by atoms with Gasteiger partial charge in [0.25, 0.3) is 0 Å². The van der Waals surface area contributed by atoms with Crippen LogP contribution in [0, 0.1) is 5.82 Å². The Morgan fingerprint density at radius 3 is 3.00 bits per heavy atom. The van der Waals surface area contributed by atoms with Crippen molar-refractivity contribution < 1.29 is 9.18 Å². The van der Waals surface area contributed by atoms with Crippen molar-refractivity contribution in [2.45, 2.75) is 38.1 Å². The number of carbonyl (C=O) groups excluding carboxylic acids is 1. The van der Waals surface area contributed by atoms with Gasteiger partial charge < -0.3 is 5.32 Å². The van der Waals surface area contributed by atoms with Gasteiger partial charge in [-0.3, -0.25) is 4.79 Å². The van der Waals surface area contributed by atoms with Crippen LogP contribution in [0.5, 0.6) is 0 Å². The molecule has 0 spiro atoms. The monoisotopic (exact) mass is 269 g/mol. The van der Waals surface area contributed by atoms with Crippen LogP contribution in [0.2, 0.25) is 5.02 Å². The molecule has 0 aromatic heterocycles. The molecule has 1 aliphatic heterocycles. The Balaban J connectivity index is 1.99. The molecule has 0 bridgehead atoms. The third-order valence-corrected chi connectivity index (χ3v) is 3.62. The summed E-state index contributed by atoms with van der Waals surface area (Å²) in [5.41, 5.74) is 0.688. The predicted octanol–water partition coefficient (Wildman–Crippen LogP) is 3.12. The predicted molar refractivity (Wildman–Crippen MR) is 70.4 cm³/mol. The first-order chi connectivity index (χ1) is 8.66. The summed E-state index contributed by atoms with van der Waals surface area (Å²) in [4.78, 5) is 12.1. The highest BCUT2D eigenvalue weighted by molar-refractivity contribution is 6.30. The molecule has 1 aromatic carbocycles. The summed E-state index contributed by atoms with van der Waals surface area (Å²) in [6.45, 7) is 0.894. The van der Waals surface area contributed by atoms with E-state index in [1.54, 1.807) is 6.07 Å². The second kappa shape index (κ2) is 6.30. The van der Waals surface area contributed by atoms with Crippen LogP contribution in [0.3, 0.4) is 0 Å². The van der Waals surface area contributed by atoms with Crippen LogP contribution < -0.4 is 5.32 Å². The number of Topliss-reactive ketones (excluding diaryl/α,β-unsaturated/α-hetero) is 1. The van der Waals surface area contributed by atoms with Crippen LogP contribution in [0.1, 0.15) is 31.2 Å². The number of ketones is 1. The standard InChI is InChI=1S/C14H17ClFNO/c15-11-6-5-10(8-12(11)16)9-14(18)13-4-2-1-3-7-17-13/h5-6,8,13,17H,1-4,7,9H2. The maximum atomic E-state index is 13.3. The van der Waals surface area contributed by atoms with Crippen LogP contribution in [0.4, 0.5) is 4.39 Å². The third-order valence-electron chi connectivity index (χ3n) is 3.31. The van der Waals surface area contributed by atoms with E-state index in [0.29, 0.717) is 5.56 Å². The van der Waals surface area contributed by atoms with Gasteiger partial charge in [0.15, 0.2) is 5.78 Å². The zero-order chi connectivity index (χ0) is 13.0. The van der Waals surface area contributed by atoms with Crippen molar-refractivity contribution in [2.75, 3.05) is 6.54 Å². The fourth-order valence-electron chi connectivity index (χ4n) is 2.28. The van der Waals surface area contributed by atoms with E-state index < -0.39 is 5.82 Å². The summed E-state index contributed by atoms with van der Waals surface area (Å²) >= 11 is 5.62. The molecule has 1 aromatic rings. The normalized spacial score (nSPS) is 20.4. The van der Waals surface area contributed by atoms with Crippen molar-refractivity contribution in [3.05, 3.63) is 34.6 Å². The summed E-state index contributed by atoms with van der Waals surface area (Å²) in [7, 11) is 0. The summed E-state index contributed by atoms with van der Waals surface area (Å²) in [5.74, 6) is -0.325. The molecule has 1 saturated heterocycles. The molecular weight excluding hydrogens is 253 g/mol. The average Bonchev–Trinajstić information content (AvgIpc) is 2.62. The van der Waals surface area contributed by atoms with E-state index in [2.05, 4.69) is 5.32 Å². The lowest BCUT2D eigenvalue weighted by Crippen LogP contribution is -2.36. The molecule has 0 amide bonds. The van der Waals surface area contributed by atoms with Crippen molar-refractivity contribution >= 4 is 17.4 Å². The largest absolute Gasteiger partial charge is 0.307 e. The molecule has 1 fully saturated rings. The van der Waals surface area contributed by atoms with Crippen LogP contribution >= 0.6 is 11.6 Å². The van der Waals surface area contributed by atoms with E-state index in [4.69, 9.17) is 11.6 Å². The molecule has 1 atom stereocenters. The van der Waals surface area contributed by atoms with E-state index >= 15 is 0 Å². The SMILES string of the molecule is O=C(Cc1ccc(Cl)c(F)c1)C1CCCCCN1. The van der Waals surface area contributed by atoms with Gasteiger partial charge in [-0.1, -0.05) is 30.5 Å². The van der Waals surface area contributed by atoms with Crippen molar-refractivity contribution in [3.63, 3.8) is 0 Å². The molecule has 18 heavy (non-hydrogen) atoms. The van der Waals surface area contributed by atoms with Gasteiger partial charge in [-0.05, 0) is 37.1 Å². The number of nitrogens with one attached hydrogen (secondary N) is 1. The number of hydrogen-bond acceptors (Lipinski definition) is 2. The molecule has 1 heterocycles. The van der Waals surface area contributed by atoms with E-state index in [1.165, 1.54) is 18.6 Å². The molecule has 4 heteroatoms. The highest BCUT2D eigenvalue weighted by Crippen LogP contribution is 2.17. The van der Waals surface area contributed by atoms with Crippen LogP contribution in [0.25, 0.3) is 0 Å². The number of benzene rings is 1. The molecular formula is C14H17ClFNO. The van der Waals surface area contributed by atoms with Gasteiger partial charge in [0.2, 0.25) is 0 Å². The Labute approximate surface area is 112 Å². The molecule has 1 N–H and O–H groups in total. The van der Waals surface area contributed by atoms with Crippen molar-refractivity contribution in [2.24, 2.45) is 0 Å². The first-order valence-corrected chi connectivity index (χ1v) is 6.74. The number of hydrogen-bond donors (Lipinski definition) is 1. The van der Waals surface area contributed by atoms with Crippen LogP contribution in [-0.2, 0) is 11.2 Å². The van der Waals surface area contributed by atoms with Gasteiger partial charge >= 0.3 is 0 Å². The summed E-state index contributed by atoms with van der Waals surface area (Å²) in [6.07, 6.45) is 4.53. The number of carbonyl (C=O) groups is 1. The average molecular weight is 270 g/mol. The Bertz CT molecular complexity index is 428. The quantitative estimate of drug-likeness (QED) is 0.913. The smallest absolute Gasteiger partial charge is 0.154 e. The molecule has 2 nitrogen and oxygen atoms in total. The first-order valence-electron chi connectivity index (χ1n) is 6.37. The van der Waals surface area contributed by atoms with Gasteiger partial charge in [-0.2, -0.15) is 0 Å². The molecule has 98 valence electrons. The maximum Gasteiger partial charge on any atom is 0.154 e. The molecule has 1 aliphatic rings. The lowest BCUT2D eigenvalue weighted by Gasteiger charge is -2.14. The lowest BCUT2D eigenvalue weighted by molar-refractivity contribution is -0.120. The Morgan fingerprint density at radius 1 is 1.39 bits per heavy atom. The fraction of sp³-hybridized carbons (Fsp3) is 0.500. The zero-order valence-corrected chi connectivity index (χ0v) is 11.0. The summed E-state index contributed by atoms with van der Waals surface area (Å²) in [5, 5.41) is 3.35. The molecule has 2 rings (SSSR count). The first kappa shape index (κ1) is 13.5. The topological polar surface area (TPSA) is 29.1 Å². The zero-order valence-electron chi connectivity index (χ0n) is 10.2. The van der Waals surface area contributed by atoms with Gasteiger partial charge in [0.05, 0.1) is 11.1 Å². The van der Waals surface area contributed by atoms with Crippen molar-refractivity contribution in [3.8, 4) is 0 Å². The highest BCUT2D eigenvalue weighted by atomic mass is 35.5. The highest BCUT2D eigenvalue weighted by Gasteiger charge is 2.19. The minimum Gasteiger partial charge on any atom is -0.307 e. The van der Waals surface area contributed by atoms with Gasteiger partial charge in [0, 0.05) is 6.42 Å². The van der Waals surface area contributed by atoms with Gasteiger partial charge in [-0.15, -0.1) is 0 Å². The van der Waals surface area contributed by atoms with E-state index in [-0.39, 0.29) is 23.3 Å². The maximum absolute atomic E-state index is 13.3. The van der Waals surface area contributed by atoms with Crippen molar-refractivity contribution in [1.29, 1.82) is 0 Å². The number of rotatable bonds is 3.